The molecule has 0 spiro atoms. The summed E-state index contributed by atoms with van der Waals surface area (Å²) in [5.74, 6) is 0.323. The van der Waals surface area contributed by atoms with Crippen LogP contribution in [-0.2, 0) is 11.3 Å². The van der Waals surface area contributed by atoms with Gasteiger partial charge in [-0.1, -0.05) is 23.9 Å². The zero-order chi connectivity index (χ0) is 23.5. The number of halogens is 1. The van der Waals surface area contributed by atoms with Crippen LogP contribution < -0.4 is 0 Å². The Morgan fingerprint density at radius 2 is 1.56 bits per heavy atom. The van der Waals surface area contributed by atoms with Gasteiger partial charge >= 0.3 is 0 Å². The molecule has 5 rings (SSSR count). The monoisotopic (exact) mass is 481 g/mol. The van der Waals surface area contributed by atoms with Crippen LogP contribution in [0, 0.1) is 5.82 Å². The molecular weight excluding hydrogens is 457 g/mol. The van der Waals surface area contributed by atoms with E-state index < -0.39 is 0 Å². The molecule has 0 N–H and O–H groups in total. The van der Waals surface area contributed by atoms with Crippen molar-refractivity contribution >= 4 is 23.6 Å². The van der Waals surface area contributed by atoms with Crippen molar-refractivity contribution in [2.75, 3.05) is 45.1 Å². The minimum absolute atomic E-state index is 0.262. The number of hydrogen-bond donors (Lipinski definition) is 0. The fraction of sp³-hybridized carbons (Fsp3) is 0.333. The third-order valence-corrected chi connectivity index (χ3v) is 6.93. The molecule has 34 heavy (non-hydrogen) atoms. The Morgan fingerprint density at radius 1 is 0.882 bits per heavy atom. The van der Waals surface area contributed by atoms with Gasteiger partial charge < -0.3 is 9.30 Å². The lowest BCUT2D eigenvalue weighted by Gasteiger charge is -2.27. The summed E-state index contributed by atoms with van der Waals surface area (Å²) >= 11 is 1.45. The molecule has 1 aromatic heterocycles. The number of benzene rings is 2. The number of imide groups is 1. The van der Waals surface area contributed by atoms with Crippen molar-refractivity contribution in [2.45, 2.75) is 11.7 Å². The maximum Gasteiger partial charge on any atom is 0.261 e. The minimum atomic E-state index is -0.307. The number of carbonyl (C=O) groups excluding carboxylic acids is 2. The SMILES string of the molecule is O=C1c2ccccc2C(=O)N1CCSc1nnc(-c2ccc(F)cc2)n1CCN1CCOCC1. The molecule has 0 radical (unpaired) electrons. The molecule has 1 fully saturated rings. The van der Waals surface area contributed by atoms with E-state index in [2.05, 4.69) is 15.1 Å². The average Bonchev–Trinajstić information content (AvgIpc) is 3.38. The van der Waals surface area contributed by atoms with Crippen molar-refractivity contribution in [1.82, 2.24) is 24.6 Å². The summed E-state index contributed by atoms with van der Waals surface area (Å²) in [4.78, 5) is 28.9. The number of amides is 2. The van der Waals surface area contributed by atoms with Crippen LogP contribution in [0.3, 0.4) is 0 Å². The number of hydrogen-bond acceptors (Lipinski definition) is 7. The largest absolute Gasteiger partial charge is 0.379 e. The van der Waals surface area contributed by atoms with Gasteiger partial charge in [0.05, 0.1) is 24.3 Å². The minimum Gasteiger partial charge on any atom is -0.379 e. The van der Waals surface area contributed by atoms with Crippen LogP contribution in [0.4, 0.5) is 4.39 Å². The Kier molecular flexibility index (Phi) is 6.70. The average molecular weight is 482 g/mol. The topological polar surface area (TPSA) is 80.6 Å². The maximum atomic E-state index is 13.5. The molecule has 10 heteroatoms. The highest BCUT2D eigenvalue weighted by Crippen LogP contribution is 2.26. The fourth-order valence-electron chi connectivity index (χ4n) is 4.15. The molecule has 8 nitrogen and oxygen atoms in total. The van der Waals surface area contributed by atoms with E-state index in [1.54, 1.807) is 36.4 Å². The summed E-state index contributed by atoms with van der Waals surface area (Å²) in [6, 6.07) is 13.1. The molecule has 0 bridgehead atoms. The molecule has 2 aromatic carbocycles. The third kappa shape index (κ3) is 4.61. The van der Waals surface area contributed by atoms with Crippen LogP contribution >= 0.6 is 11.8 Å². The van der Waals surface area contributed by atoms with Gasteiger partial charge in [-0.15, -0.1) is 10.2 Å². The molecule has 1 saturated heterocycles. The summed E-state index contributed by atoms with van der Waals surface area (Å²) in [6.07, 6.45) is 0. The predicted octanol–water partition coefficient (Wildman–Crippen LogP) is 2.80. The predicted molar refractivity (Wildman–Crippen MR) is 125 cm³/mol. The van der Waals surface area contributed by atoms with Gasteiger partial charge in [-0.3, -0.25) is 19.4 Å². The fourth-order valence-corrected chi connectivity index (χ4v) is 5.03. The quantitative estimate of drug-likeness (QED) is 0.362. The van der Waals surface area contributed by atoms with Gasteiger partial charge in [-0.05, 0) is 36.4 Å². The molecule has 2 aliphatic rings. The van der Waals surface area contributed by atoms with Crippen LogP contribution in [0.1, 0.15) is 20.7 Å². The van der Waals surface area contributed by atoms with E-state index in [1.165, 1.54) is 28.8 Å². The van der Waals surface area contributed by atoms with Gasteiger partial charge in [-0.2, -0.15) is 0 Å². The summed E-state index contributed by atoms with van der Waals surface area (Å²) in [5.41, 5.74) is 1.68. The third-order valence-electron chi connectivity index (χ3n) is 5.99. The number of nitrogens with zero attached hydrogens (tertiary/aromatic N) is 5. The van der Waals surface area contributed by atoms with Gasteiger partial charge in [0.2, 0.25) is 0 Å². The maximum absolute atomic E-state index is 13.5. The lowest BCUT2D eigenvalue weighted by atomic mass is 10.1. The second-order valence-corrected chi connectivity index (χ2v) is 9.14. The van der Waals surface area contributed by atoms with Crippen molar-refractivity contribution in [3.05, 3.63) is 65.5 Å². The first-order valence-corrected chi connectivity index (χ1v) is 12.2. The molecule has 2 amide bonds. The molecule has 0 atom stereocenters. The van der Waals surface area contributed by atoms with E-state index in [9.17, 15) is 14.0 Å². The highest BCUT2D eigenvalue weighted by Gasteiger charge is 2.34. The van der Waals surface area contributed by atoms with Gasteiger partial charge in [0.15, 0.2) is 11.0 Å². The zero-order valence-electron chi connectivity index (χ0n) is 18.5. The standard InChI is InChI=1S/C24H24FN5O3S/c25-18-7-5-17(6-8-18)21-26-27-24(29(21)10-9-28-11-14-33-15-12-28)34-16-13-30-22(31)19-3-1-2-4-20(19)23(30)32/h1-8H,9-16H2. The molecule has 0 saturated carbocycles. The van der Waals surface area contributed by atoms with Crippen molar-refractivity contribution < 1.29 is 18.7 Å². The number of morpholine rings is 1. The summed E-state index contributed by atoms with van der Waals surface area (Å²) in [6.45, 7) is 4.92. The van der Waals surface area contributed by atoms with Gasteiger partial charge in [0.25, 0.3) is 11.8 Å². The van der Waals surface area contributed by atoms with Crippen molar-refractivity contribution in [3.63, 3.8) is 0 Å². The Morgan fingerprint density at radius 3 is 2.24 bits per heavy atom. The lowest BCUT2D eigenvalue weighted by molar-refractivity contribution is 0.0361. The van der Waals surface area contributed by atoms with Crippen molar-refractivity contribution in [3.8, 4) is 11.4 Å². The van der Waals surface area contributed by atoms with Crippen LogP contribution in [0.25, 0.3) is 11.4 Å². The Bertz CT molecular complexity index is 1160. The Balaban J connectivity index is 1.30. The number of aromatic nitrogens is 3. The van der Waals surface area contributed by atoms with Crippen LogP contribution in [0.15, 0.2) is 53.7 Å². The first-order valence-electron chi connectivity index (χ1n) is 11.2. The van der Waals surface area contributed by atoms with Gasteiger partial charge in [-0.25, -0.2) is 4.39 Å². The summed E-state index contributed by atoms with van der Waals surface area (Å²) < 4.78 is 20.9. The smallest absolute Gasteiger partial charge is 0.261 e. The van der Waals surface area contributed by atoms with E-state index >= 15 is 0 Å². The zero-order valence-corrected chi connectivity index (χ0v) is 19.3. The molecular formula is C24H24FN5O3S. The first-order chi connectivity index (χ1) is 16.6. The van der Waals surface area contributed by atoms with E-state index in [0.717, 1.165) is 38.4 Å². The van der Waals surface area contributed by atoms with Crippen molar-refractivity contribution in [2.24, 2.45) is 0 Å². The van der Waals surface area contributed by atoms with E-state index in [-0.39, 0.29) is 24.2 Å². The molecule has 0 aliphatic carbocycles. The second kappa shape index (κ2) is 10.0. The highest BCUT2D eigenvalue weighted by atomic mass is 32.2. The van der Waals surface area contributed by atoms with Gasteiger partial charge in [0, 0.05) is 44.0 Å². The van der Waals surface area contributed by atoms with Crippen LogP contribution in [-0.4, -0.2) is 81.5 Å². The Hall–Kier alpha value is -3.08. The first kappa shape index (κ1) is 22.7. The molecule has 176 valence electrons. The van der Waals surface area contributed by atoms with E-state index in [4.69, 9.17) is 4.74 Å². The van der Waals surface area contributed by atoms with E-state index in [1.807, 2.05) is 4.57 Å². The highest BCUT2D eigenvalue weighted by molar-refractivity contribution is 7.99. The number of fused-ring (bicyclic) bond motifs is 1. The van der Waals surface area contributed by atoms with E-state index in [0.29, 0.717) is 34.4 Å². The Labute approximate surface area is 200 Å². The number of carbonyl (C=O) groups is 2. The number of rotatable bonds is 8. The lowest BCUT2D eigenvalue weighted by Crippen LogP contribution is -2.38. The molecule has 3 aromatic rings. The van der Waals surface area contributed by atoms with Crippen LogP contribution in [0.5, 0.6) is 0 Å². The summed E-state index contributed by atoms with van der Waals surface area (Å²) in [5, 5.41) is 9.44. The molecule has 3 heterocycles. The normalized spacial score (nSPS) is 16.3. The number of ether oxygens (including phenoxy) is 1. The molecule has 2 aliphatic heterocycles. The molecule has 0 unspecified atom stereocenters. The second-order valence-electron chi connectivity index (χ2n) is 8.07. The number of thioether (sulfide) groups is 1. The summed E-state index contributed by atoms with van der Waals surface area (Å²) in [7, 11) is 0. The van der Waals surface area contributed by atoms with Crippen molar-refractivity contribution in [1.29, 1.82) is 0 Å². The van der Waals surface area contributed by atoms with Gasteiger partial charge in [0.1, 0.15) is 5.82 Å². The van der Waals surface area contributed by atoms with Crippen LogP contribution in [0.2, 0.25) is 0 Å².